The van der Waals surface area contributed by atoms with E-state index in [0.717, 1.165) is 5.56 Å². The molecule has 2 bridgehead atoms. The van der Waals surface area contributed by atoms with Crippen molar-refractivity contribution in [2.75, 3.05) is 0 Å². The lowest BCUT2D eigenvalue weighted by Crippen LogP contribution is -2.37. The van der Waals surface area contributed by atoms with Crippen molar-refractivity contribution >= 4 is 12.4 Å². The van der Waals surface area contributed by atoms with Crippen molar-refractivity contribution in [3.63, 3.8) is 0 Å². The van der Waals surface area contributed by atoms with Crippen LogP contribution in [-0.2, 0) is 0 Å². The van der Waals surface area contributed by atoms with Gasteiger partial charge in [0.25, 0.3) is 0 Å². The molecule has 2 heterocycles. The summed E-state index contributed by atoms with van der Waals surface area (Å²) >= 11 is 0. The minimum Gasteiger partial charge on any atom is -0.311 e. The molecule has 17 heavy (non-hydrogen) atoms. The molecule has 3 rings (SSSR count). The summed E-state index contributed by atoms with van der Waals surface area (Å²) in [6.07, 6.45) is 5.09. The molecule has 0 saturated carbocycles. The molecule has 0 aromatic heterocycles. The Labute approximate surface area is 108 Å². The number of piperidine rings is 1. The van der Waals surface area contributed by atoms with E-state index in [0.29, 0.717) is 18.0 Å². The van der Waals surface area contributed by atoms with Crippen LogP contribution in [0.1, 0.15) is 42.7 Å². The van der Waals surface area contributed by atoms with Crippen LogP contribution < -0.4 is 5.32 Å². The van der Waals surface area contributed by atoms with Crippen molar-refractivity contribution < 1.29 is 4.39 Å². The van der Waals surface area contributed by atoms with Crippen molar-refractivity contribution in [1.29, 1.82) is 0 Å². The standard InChI is InChI=1S/C14H18FN.ClH/c1-9-6-10(2-5-14(9)15)11-7-12-3-4-13(8-11)16-12;/h2,5-6,11-13,16H,3-4,7-8H2,1H3;1H/t11?,12-,13+;. The number of fused-ring (bicyclic) bond motifs is 2. The highest BCUT2D eigenvalue weighted by Gasteiger charge is 2.33. The maximum atomic E-state index is 13.2. The van der Waals surface area contributed by atoms with Crippen LogP contribution in [0.15, 0.2) is 18.2 Å². The Morgan fingerprint density at radius 2 is 1.82 bits per heavy atom. The van der Waals surface area contributed by atoms with Gasteiger partial charge in [-0.1, -0.05) is 12.1 Å². The Balaban J connectivity index is 0.00000108. The molecule has 0 aliphatic carbocycles. The molecule has 94 valence electrons. The quantitative estimate of drug-likeness (QED) is 0.809. The smallest absolute Gasteiger partial charge is 0.126 e. The molecule has 3 heteroatoms. The Bertz CT molecular complexity index is 395. The van der Waals surface area contributed by atoms with Crippen molar-refractivity contribution in [1.82, 2.24) is 5.32 Å². The highest BCUT2D eigenvalue weighted by atomic mass is 35.5. The van der Waals surface area contributed by atoms with Gasteiger partial charge in [-0.3, -0.25) is 0 Å². The highest BCUT2D eigenvalue weighted by molar-refractivity contribution is 5.85. The van der Waals surface area contributed by atoms with E-state index in [1.807, 2.05) is 19.1 Å². The van der Waals surface area contributed by atoms with Gasteiger partial charge in [0.05, 0.1) is 0 Å². The third kappa shape index (κ3) is 2.48. The van der Waals surface area contributed by atoms with Gasteiger partial charge in [0.2, 0.25) is 0 Å². The summed E-state index contributed by atoms with van der Waals surface area (Å²) in [6.45, 7) is 1.86. The Morgan fingerprint density at radius 3 is 2.41 bits per heavy atom. The third-order valence-corrected chi connectivity index (χ3v) is 4.13. The van der Waals surface area contributed by atoms with Crippen LogP contribution in [-0.4, -0.2) is 12.1 Å². The van der Waals surface area contributed by atoms with Gasteiger partial charge in [-0.05, 0) is 55.7 Å². The molecule has 1 unspecified atom stereocenters. The summed E-state index contributed by atoms with van der Waals surface area (Å²) in [5.41, 5.74) is 2.11. The second kappa shape index (κ2) is 4.95. The second-order valence-corrected chi connectivity index (χ2v) is 5.31. The number of aryl methyl sites for hydroxylation is 1. The zero-order valence-corrected chi connectivity index (χ0v) is 10.9. The lowest BCUT2D eigenvalue weighted by atomic mass is 9.86. The number of hydrogen-bond acceptors (Lipinski definition) is 1. The lowest BCUT2D eigenvalue weighted by Gasteiger charge is -2.29. The molecular formula is C14H19ClFN. The van der Waals surface area contributed by atoms with E-state index in [2.05, 4.69) is 5.32 Å². The van der Waals surface area contributed by atoms with E-state index in [-0.39, 0.29) is 18.2 Å². The molecular weight excluding hydrogens is 237 g/mol. The molecule has 1 aromatic carbocycles. The van der Waals surface area contributed by atoms with Gasteiger partial charge in [-0.15, -0.1) is 12.4 Å². The van der Waals surface area contributed by atoms with Crippen molar-refractivity contribution in [3.05, 3.63) is 35.1 Å². The van der Waals surface area contributed by atoms with Crippen LogP contribution in [0.2, 0.25) is 0 Å². The molecule has 0 radical (unpaired) electrons. The summed E-state index contributed by atoms with van der Waals surface area (Å²) in [7, 11) is 0. The number of hydrogen-bond donors (Lipinski definition) is 1. The van der Waals surface area contributed by atoms with Gasteiger partial charge in [-0.25, -0.2) is 4.39 Å². The van der Waals surface area contributed by atoms with E-state index in [4.69, 9.17) is 0 Å². The first-order valence-corrected chi connectivity index (χ1v) is 6.24. The summed E-state index contributed by atoms with van der Waals surface area (Å²) < 4.78 is 13.2. The molecule has 2 saturated heterocycles. The summed E-state index contributed by atoms with van der Waals surface area (Å²) in [6, 6.07) is 7.03. The SMILES string of the molecule is Cc1cc(C2C[C@H]3CC[C@@H](C2)N3)ccc1F.Cl. The fourth-order valence-corrected chi connectivity index (χ4v) is 3.25. The van der Waals surface area contributed by atoms with Crippen molar-refractivity contribution in [2.24, 2.45) is 0 Å². The van der Waals surface area contributed by atoms with E-state index in [9.17, 15) is 4.39 Å². The molecule has 0 spiro atoms. The van der Waals surface area contributed by atoms with Crippen LogP contribution >= 0.6 is 12.4 Å². The summed E-state index contributed by atoms with van der Waals surface area (Å²) in [5, 5.41) is 3.64. The second-order valence-electron chi connectivity index (χ2n) is 5.31. The van der Waals surface area contributed by atoms with Gasteiger partial charge >= 0.3 is 0 Å². The Morgan fingerprint density at radius 1 is 1.18 bits per heavy atom. The summed E-state index contributed by atoms with van der Waals surface area (Å²) in [4.78, 5) is 0. The molecule has 3 atom stereocenters. The molecule has 2 fully saturated rings. The molecule has 1 nitrogen and oxygen atoms in total. The fraction of sp³-hybridized carbons (Fsp3) is 0.571. The summed E-state index contributed by atoms with van der Waals surface area (Å²) in [5.74, 6) is 0.554. The van der Waals surface area contributed by atoms with Crippen LogP contribution in [0.3, 0.4) is 0 Å². The minimum atomic E-state index is -0.0827. The first kappa shape index (κ1) is 12.8. The van der Waals surface area contributed by atoms with Crippen LogP contribution in [0.5, 0.6) is 0 Å². The molecule has 0 amide bonds. The fourth-order valence-electron chi connectivity index (χ4n) is 3.25. The van der Waals surface area contributed by atoms with Crippen LogP contribution in [0.25, 0.3) is 0 Å². The van der Waals surface area contributed by atoms with Gasteiger partial charge in [0.15, 0.2) is 0 Å². The van der Waals surface area contributed by atoms with E-state index >= 15 is 0 Å². The first-order valence-electron chi connectivity index (χ1n) is 6.24. The zero-order valence-electron chi connectivity index (χ0n) is 10.1. The number of nitrogens with one attached hydrogen (secondary N) is 1. The monoisotopic (exact) mass is 255 g/mol. The largest absolute Gasteiger partial charge is 0.311 e. The Hall–Kier alpha value is -0.600. The highest BCUT2D eigenvalue weighted by Crippen LogP contribution is 2.37. The first-order chi connectivity index (χ1) is 7.72. The average Bonchev–Trinajstić information content (AvgIpc) is 2.62. The Kier molecular flexibility index (Phi) is 3.74. The predicted octanol–water partition coefficient (Wildman–Crippen LogP) is 3.55. The van der Waals surface area contributed by atoms with Gasteiger partial charge in [0.1, 0.15) is 5.82 Å². The lowest BCUT2D eigenvalue weighted by molar-refractivity contribution is 0.363. The average molecular weight is 256 g/mol. The molecule has 1 aromatic rings. The minimum absolute atomic E-state index is 0. The molecule has 1 N–H and O–H groups in total. The van der Waals surface area contributed by atoms with Gasteiger partial charge < -0.3 is 5.32 Å². The van der Waals surface area contributed by atoms with E-state index in [1.54, 1.807) is 6.07 Å². The van der Waals surface area contributed by atoms with Crippen LogP contribution in [0, 0.1) is 12.7 Å². The maximum Gasteiger partial charge on any atom is 0.126 e. The molecule has 2 aliphatic rings. The number of benzene rings is 1. The van der Waals surface area contributed by atoms with Gasteiger partial charge in [-0.2, -0.15) is 0 Å². The van der Waals surface area contributed by atoms with Crippen molar-refractivity contribution in [2.45, 2.75) is 50.6 Å². The topological polar surface area (TPSA) is 12.0 Å². The molecule has 2 aliphatic heterocycles. The number of halogens is 2. The normalized spacial score (nSPS) is 31.1. The maximum absolute atomic E-state index is 13.2. The zero-order chi connectivity index (χ0) is 11.1. The van der Waals surface area contributed by atoms with Gasteiger partial charge in [0, 0.05) is 12.1 Å². The van der Waals surface area contributed by atoms with Crippen molar-refractivity contribution in [3.8, 4) is 0 Å². The predicted molar refractivity (Wildman–Crippen MR) is 70.3 cm³/mol. The van der Waals surface area contributed by atoms with Crippen LogP contribution in [0.4, 0.5) is 4.39 Å². The third-order valence-electron chi connectivity index (χ3n) is 4.13. The number of rotatable bonds is 1. The van der Waals surface area contributed by atoms with E-state index < -0.39 is 0 Å². The van der Waals surface area contributed by atoms with E-state index in [1.165, 1.54) is 31.2 Å².